The summed E-state index contributed by atoms with van der Waals surface area (Å²) in [6.45, 7) is 2.99. The Balaban J connectivity index is 1.94. The van der Waals surface area contributed by atoms with Gasteiger partial charge in [-0.05, 0) is 32.6 Å². The molecule has 0 aromatic carbocycles. The highest BCUT2D eigenvalue weighted by Gasteiger charge is 2.13. The standard InChI is InChI=1S/C14H22N2O/c1-2-16-12-9-14(11-15-10-12)17-13-7-5-3-4-6-8-13/h9-11,13,16H,2-8H2,1H3. The van der Waals surface area contributed by atoms with E-state index >= 15 is 0 Å². The summed E-state index contributed by atoms with van der Waals surface area (Å²) in [4.78, 5) is 4.20. The molecule has 2 rings (SSSR count). The van der Waals surface area contributed by atoms with Crippen LogP contribution in [0.4, 0.5) is 5.69 Å². The molecule has 0 aliphatic heterocycles. The van der Waals surface area contributed by atoms with Crippen LogP contribution in [0.5, 0.6) is 5.75 Å². The third kappa shape index (κ3) is 3.91. The molecule has 94 valence electrons. The van der Waals surface area contributed by atoms with Crippen molar-refractivity contribution in [3.05, 3.63) is 18.5 Å². The largest absolute Gasteiger partial charge is 0.489 e. The molecule has 0 atom stereocenters. The van der Waals surface area contributed by atoms with Crippen LogP contribution in [0.2, 0.25) is 0 Å². The van der Waals surface area contributed by atoms with Gasteiger partial charge in [-0.1, -0.05) is 12.8 Å². The first kappa shape index (κ1) is 12.2. The number of ether oxygens (including phenoxy) is 1. The molecule has 1 aromatic rings. The number of hydrogen-bond donors (Lipinski definition) is 1. The van der Waals surface area contributed by atoms with Crippen molar-refractivity contribution in [1.29, 1.82) is 0 Å². The maximum Gasteiger partial charge on any atom is 0.140 e. The molecule has 1 N–H and O–H groups in total. The number of hydrogen-bond acceptors (Lipinski definition) is 3. The molecule has 0 saturated heterocycles. The summed E-state index contributed by atoms with van der Waals surface area (Å²) in [5.41, 5.74) is 1.04. The molecular weight excluding hydrogens is 212 g/mol. The lowest BCUT2D eigenvalue weighted by molar-refractivity contribution is 0.183. The third-order valence-electron chi connectivity index (χ3n) is 3.20. The topological polar surface area (TPSA) is 34.2 Å². The fraction of sp³-hybridized carbons (Fsp3) is 0.643. The first-order valence-corrected chi connectivity index (χ1v) is 6.74. The van der Waals surface area contributed by atoms with Gasteiger partial charge in [-0.3, -0.25) is 4.98 Å². The van der Waals surface area contributed by atoms with Crippen LogP contribution in [0.15, 0.2) is 18.5 Å². The molecule has 0 spiro atoms. The zero-order valence-corrected chi connectivity index (χ0v) is 10.6. The highest BCUT2D eigenvalue weighted by atomic mass is 16.5. The van der Waals surface area contributed by atoms with E-state index in [2.05, 4.69) is 17.2 Å². The highest BCUT2D eigenvalue weighted by Crippen LogP contribution is 2.23. The van der Waals surface area contributed by atoms with Crippen molar-refractivity contribution in [1.82, 2.24) is 4.98 Å². The quantitative estimate of drug-likeness (QED) is 0.808. The smallest absolute Gasteiger partial charge is 0.140 e. The minimum Gasteiger partial charge on any atom is -0.489 e. The zero-order chi connectivity index (χ0) is 11.9. The van der Waals surface area contributed by atoms with Gasteiger partial charge in [0, 0.05) is 12.6 Å². The Hall–Kier alpha value is -1.25. The molecular formula is C14H22N2O. The molecule has 17 heavy (non-hydrogen) atoms. The van der Waals surface area contributed by atoms with Crippen molar-refractivity contribution in [3.8, 4) is 5.75 Å². The summed E-state index contributed by atoms with van der Waals surface area (Å²) in [7, 11) is 0. The maximum absolute atomic E-state index is 6.02. The molecule has 0 amide bonds. The van der Waals surface area contributed by atoms with Crippen LogP contribution >= 0.6 is 0 Å². The summed E-state index contributed by atoms with van der Waals surface area (Å²) in [5, 5.41) is 3.25. The van der Waals surface area contributed by atoms with E-state index in [0.717, 1.165) is 18.0 Å². The van der Waals surface area contributed by atoms with Crippen molar-refractivity contribution in [3.63, 3.8) is 0 Å². The van der Waals surface area contributed by atoms with Crippen LogP contribution in [-0.2, 0) is 0 Å². The molecule has 0 bridgehead atoms. The summed E-state index contributed by atoms with van der Waals surface area (Å²) >= 11 is 0. The molecule has 1 aliphatic rings. The van der Waals surface area contributed by atoms with Crippen molar-refractivity contribution in [2.75, 3.05) is 11.9 Å². The predicted molar refractivity (Wildman–Crippen MR) is 70.5 cm³/mol. The van der Waals surface area contributed by atoms with E-state index in [9.17, 15) is 0 Å². The Labute approximate surface area is 104 Å². The van der Waals surface area contributed by atoms with Crippen molar-refractivity contribution < 1.29 is 4.74 Å². The van der Waals surface area contributed by atoms with Crippen LogP contribution in [0.25, 0.3) is 0 Å². The number of aromatic nitrogens is 1. The summed E-state index contributed by atoms with van der Waals surface area (Å²) in [6.07, 6.45) is 11.7. The van der Waals surface area contributed by atoms with Gasteiger partial charge in [0.15, 0.2) is 0 Å². The van der Waals surface area contributed by atoms with Crippen LogP contribution < -0.4 is 10.1 Å². The number of nitrogens with one attached hydrogen (secondary N) is 1. The zero-order valence-electron chi connectivity index (χ0n) is 10.6. The Kier molecular flexibility index (Phi) is 4.65. The van der Waals surface area contributed by atoms with Crippen LogP contribution in [0.1, 0.15) is 45.4 Å². The van der Waals surface area contributed by atoms with Crippen LogP contribution in [-0.4, -0.2) is 17.6 Å². The number of anilines is 1. The molecule has 1 aromatic heterocycles. The molecule has 0 radical (unpaired) electrons. The summed E-state index contributed by atoms with van der Waals surface area (Å²) < 4.78 is 6.02. The van der Waals surface area contributed by atoms with Crippen molar-refractivity contribution in [2.24, 2.45) is 0 Å². The van der Waals surface area contributed by atoms with Crippen molar-refractivity contribution in [2.45, 2.75) is 51.6 Å². The van der Waals surface area contributed by atoms with Gasteiger partial charge in [-0.15, -0.1) is 0 Å². The van der Waals surface area contributed by atoms with Gasteiger partial charge in [-0.25, -0.2) is 0 Å². The van der Waals surface area contributed by atoms with Gasteiger partial charge in [-0.2, -0.15) is 0 Å². The summed E-state index contributed by atoms with van der Waals surface area (Å²) in [5.74, 6) is 0.898. The summed E-state index contributed by atoms with van der Waals surface area (Å²) in [6, 6.07) is 2.04. The number of nitrogens with zero attached hydrogens (tertiary/aromatic N) is 1. The van der Waals surface area contributed by atoms with E-state index in [1.54, 1.807) is 0 Å². The van der Waals surface area contributed by atoms with Gasteiger partial charge in [0.25, 0.3) is 0 Å². The monoisotopic (exact) mass is 234 g/mol. The minimum atomic E-state index is 0.385. The lowest BCUT2D eigenvalue weighted by atomic mass is 10.1. The second-order valence-corrected chi connectivity index (χ2v) is 4.67. The van der Waals surface area contributed by atoms with E-state index in [1.165, 1.54) is 38.5 Å². The Morgan fingerprint density at radius 1 is 1.24 bits per heavy atom. The predicted octanol–water partition coefficient (Wildman–Crippen LogP) is 3.62. The fourth-order valence-electron chi connectivity index (χ4n) is 2.34. The van der Waals surface area contributed by atoms with Crippen LogP contribution in [0.3, 0.4) is 0 Å². The molecule has 1 saturated carbocycles. The first-order valence-electron chi connectivity index (χ1n) is 6.74. The van der Waals surface area contributed by atoms with E-state index < -0.39 is 0 Å². The Morgan fingerprint density at radius 2 is 2.00 bits per heavy atom. The maximum atomic E-state index is 6.02. The van der Waals surface area contributed by atoms with Gasteiger partial charge in [0.1, 0.15) is 5.75 Å². The van der Waals surface area contributed by atoms with Gasteiger partial charge < -0.3 is 10.1 Å². The molecule has 1 heterocycles. The molecule has 3 heteroatoms. The normalized spacial score (nSPS) is 17.5. The fourth-order valence-corrected chi connectivity index (χ4v) is 2.34. The third-order valence-corrected chi connectivity index (χ3v) is 3.20. The van der Waals surface area contributed by atoms with Gasteiger partial charge in [0.05, 0.1) is 24.2 Å². The lowest BCUT2D eigenvalue weighted by Gasteiger charge is -2.17. The van der Waals surface area contributed by atoms with E-state index in [1.807, 2.05) is 18.5 Å². The second kappa shape index (κ2) is 6.48. The second-order valence-electron chi connectivity index (χ2n) is 4.67. The van der Waals surface area contributed by atoms with E-state index in [-0.39, 0.29) is 0 Å². The number of pyridine rings is 1. The average Bonchev–Trinajstić information content (AvgIpc) is 2.59. The van der Waals surface area contributed by atoms with Crippen LogP contribution in [0, 0.1) is 0 Å². The minimum absolute atomic E-state index is 0.385. The molecule has 1 aliphatic carbocycles. The van der Waals surface area contributed by atoms with Gasteiger partial charge >= 0.3 is 0 Å². The SMILES string of the molecule is CCNc1cncc(OC2CCCCCC2)c1. The highest BCUT2D eigenvalue weighted by molar-refractivity contribution is 5.44. The molecule has 3 nitrogen and oxygen atoms in total. The molecule has 1 fully saturated rings. The van der Waals surface area contributed by atoms with E-state index in [0.29, 0.717) is 6.10 Å². The van der Waals surface area contributed by atoms with Gasteiger partial charge in [0.2, 0.25) is 0 Å². The average molecular weight is 234 g/mol. The molecule has 0 unspecified atom stereocenters. The Bertz CT molecular complexity index is 333. The number of rotatable bonds is 4. The Morgan fingerprint density at radius 3 is 2.71 bits per heavy atom. The van der Waals surface area contributed by atoms with Crippen molar-refractivity contribution >= 4 is 5.69 Å². The first-order chi connectivity index (χ1) is 8.38. The van der Waals surface area contributed by atoms with E-state index in [4.69, 9.17) is 4.74 Å². The lowest BCUT2D eigenvalue weighted by Crippen LogP contribution is -2.15.